The molecule has 1 atom stereocenters. The molecule has 2 fully saturated rings. The average Bonchev–Trinajstić information content (AvgIpc) is 2.79. The molecule has 2 saturated heterocycles. The normalized spacial score (nSPS) is 23.4. The first-order valence-corrected chi connectivity index (χ1v) is 8.39. The fraction of sp³-hybridized carbons (Fsp3) is 0.611. The van der Waals surface area contributed by atoms with Crippen molar-refractivity contribution in [2.75, 3.05) is 26.2 Å². The second kappa shape index (κ2) is 7.08. The zero-order chi connectivity index (χ0) is 14.5. The van der Waals surface area contributed by atoms with Gasteiger partial charge in [0.25, 0.3) is 0 Å². The Hall–Kier alpha value is -1.35. The van der Waals surface area contributed by atoms with Crippen LogP contribution in [0.4, 0.5) is 0 Å². The molecule has 21 heavy (non-hydrogen) atoms. The Bertz CT molecular complexity index is 452. The third-order valence-corrected chi connectivity index (χ3v) is 4.88. The fourth-order valence-corrected chi connectivity index (χ4v) is 3.41. The Morgan fingerprint density at radius 3 is 2.33 bits per heavy atom. The quantitative estimate of drug-likeness (QED) is 0.849. The highest BCUT2D eigenvalue weighted by Crippen LogP contribution is 2.22. The number of carbonyl (C=O) groups is 1. The van der Waals surface area contributed by atoms with Crippen molar-refractivity contribution in [2.24, 2.45) is 0 Å². The van der Waals surface area contributed by atoms with Gasteiger partial charge in [-0.25, -0.2) is 0 Å². The van der Waals surface area contributed by atoms with Crippen LogP contribution in [0.3, 0.4) is 0 Å². The third-order valence-electron chi connectivity index (χ3n) is 4.88. The summed E-state index contributed by atoms with van der Waals surface area (Å²) in [6.07, 6.45) is 7.23. The van der Waals surface area contributed by atoms with Gasteiger partial charge in [0.1, 0.15) is 0 Å². The molecule has 3 nitrogen and oxygen atoms in total. The molecule has 3 heteroatoms. The van der Waals surface area contributed by atoms with Crippen LogP contribution in [0.2, 0.25) is 0 Å². The first-order chi connectivity index (χ1) is 10.3. The number of carbonyl (C=O) groups excluding carboxylic acids is 1. The smallest absolute Gasteiger partial charge is 0.236 e. The SMILES string of the molecule is O=C(CN1CC[C@@H]1Cc1ccccc1)N1CCCCCC1. The van der Waals surface area contributed by atoms with Gasteiger partial charge in [-0.05, 0) is 31.2 Å². The molecule has 0 radical (unpaired) electrons. The van der Waals surface area contributed by atoms with E-state index in [-0.39, 0.29) is 0 Å². The van der Waals surface area contributed by atoms with Crippen LogP contribution in [0, 0.1) is 0 Å². The maximum atomic E-state index is 12.4. The Morgan fingerprint density at radius 2 is 1.71 bits per heavy atom. The van der Waals surface area contributed by atoms with Crippen molar-refractivity contribution in [3.05, 3.63) is 35.9 Å². The van der Waals surface area contributed by atoms with Crippen LogP contribution in [0.25, 0.3) is 0 Å². The van der Waals surface area contributed by atoms with Gasteiger partial charge in [0.2, 0.25) is 5.91 Å². The summed E-state index contributed by atoms with van der Waals surface area (Å²) in [5, 5.41) is 0. The topological polar surface area (TPSA) is 23.6 Å². The zero-order valence-electron chi connectivity index (χ0n) is 12.8. The molecule has 0 aromatic heterocycles. The zero-order valence-corrected chi connectivity index (χ0v) is 12.8. The molecule has 2 heterocycles. The van der Waals surface area contributed by atoms with Crippen LogP contribution in [0.5, 0.6) is 0 Å². The van der Waals surface area contributed by atoms with Crippen LogP contribution in [0.15, 0.2) is 30.3 Å². The van der Waals surface area contributed by atoms with Gasteiger partial charge >= 0.3 is 0 Å². The van der Waals surface area contributed by atoms with Crippen molar-refractivity contribution < 1.29 is 4.79 Å². The maximum Gasteiger partial charge on any atom is 0.236 e. The molecule has 0 aliphatic carbocycles. The van der Waals surface area contributed by atoms with Crippen molar-refractivity contribution >= 4 is 5.91 Å². The van der Waals surface area contributed by atoms with E-state index in [1.54, 1.807) is 0 Å². The van der Waals surface area contributed by atoms with Crippen LogP contribution < -0.4 is 0 Å². The molecule has 0 spiro atoms. The summed E-state index contributed by atoms with van der Waals surface area (Å²) in [4.78, 5) is 16.9. The number of benzene rings is 1. The molecular weight excluding hydrogens is 260 g/mol. The summed E-state index contributed by atoms with van der Waals surface area (Å²) >= 11 is 0. The number of likely N-dealkylation sites (tertiary alicyclic amines) is 2. The Balaban J connectivity index is 1.49. The largest absolute Gasteiger partial charge is 0.342 e. The highest BCUT2D eigenvalue weighted by molar-refractivity contribution is 5.78. The molecule has 3 rings (SSSR count). The lowest BCUT2D eigenvalue weighted by atomic mass is 9.95. The second-order valence-corrected chi connectivity index (χ2v) is 6.40. The predicted octanol–water partition coefficient (Wildman–Crippen LogP) is 2.71. The molecule has 2 aliphatic rings. The number of rotatable bonds is 4. The van der Waals surface area contributed by atoms with Crippen LogP contribution in [-0.4, -0.2) is 47.9 Å². The van der Waals surface area contributed by atoms with Crippen molar-refractivity contribution in [1.82, 2.24) is 9.80 Å². The Kier molecular flexibility index (Phi) is 4.91. The summed E-state index contributed by atoms with van der Waals surface area (Å²) < 4.78 is 0. The van der Waals surface area contributed by atoms with E-state index in [2.05, 4.69) is 40.1 Å². The van der Waals surface area contributed by atoms with Crippen LogP contribution in [0.1, 0.15) is 37.7 Å². The molecule has 1 amide bonds. The van der Waals surface area contributed by atoms with Crippen molar-refractivity contribution in [1.29, 1.82) is 0 Å². The molecule has 2 aliphatic heterocycles. The lowest BCUT2D eigenvalue weighted by molar-refractivity contribution is -0.134. The third kappa shape index (κ3) is 3.85. The minimum atomic E-state index is 0.342. The molecule has 0 unspecified atom stereocenters. The molecular formula is C18H26N2O. The van der Waals surface area contributed by atoms with Crippen LogP contribution in [-0.2, 0) is 11.2 Å². The van der Waals surface area contributed by atoms with E-state index < -0.39 is 0 Å². The monoisotopic (exact) mass is 286 g/mol. The first-order valence-electron chi connectivity index (χ1n) is 8.39. The lowest BCUT2D eigenvalue weighted by Gasteiger charge is -2.41. The number of hydrogen-bond acceptors (Lipinski definition) is 2. The van der Waals surface area contributed by atoms with E-state index in [1.807, 2.05) is 0 Å². The molecule has 114 valence electrons. The van der Waals surface area contributed by atoms with Crippen molar-refractivity contribution in [2.45, 2.75) is 44.6 Å². The Morgan fingerprint density at radius 1 is 1.00 bits per heavy atom. The van der Waals surface area contributed by atoms with E-state index in [9.17, 15) is 4.79 Å². The summed E-state index contributed by atoms with van der Waals surface area (Å²) in [5.74, 6) is 0.342. The van der Waals surface area contributed by atoms with E-state index in [4.69, 9.17) is 0 Å². The Labute approximate surface area is 127 Å². The van der Waals surface area contributed by atoms with E-state index in [0.717, 1.165) is 26.1 Å². The standard InChI is InChI=1S/C18H26N2O/c21-18(19-11-6-1-2-7-12-19)15-20-13-10-17(20)14-16-8-4-3-5-9-16/h3-5,8-9,17H,1-2,6-7,10-15H2/t17-/m1/s1. The van der Waals surface area contributed by atoms with Gasteiger partial charge < -0.3 is 4.90 Å². The summed E-state index contributed by atoms with van der Waals surface area (Å²) in [6, 6.07) is 11.2. The van der Waals surface area contributed by atoms with Gasteiger partial charge in [-0.15, -0.1) is 0 Å². The van der Waals surface area contributed by atoms with Gasteiger partial charge in [0.05, 0.1) is 6.54 Å². The molecule has 1 aromatic rings. The minimum absolute atomic E-state index is 0.342. The van der Waals surface area contributed by atoms with Gasteiger partial charge in [-0.1, -0.05) is 43.2 Å². The fourth-order valence-electron chi connectivity index (χ4n) is 3.41. The molecule has 0 saturated carbocycles. The molecule has 0 N–H and O–H groups in total. The summed E-state index contributed by atoms with van der Waals surface area (Å²) in [6.45, 7) is 3.64. The van der Waals surface area contributed by atoms with Gasteiger partial charge in [-0.3, -0.25) is 9.69 Å². The second-order valence-electron chi connectivity index (χ2n) is 6.40. The minimum Gasteiger partial charge on any atom is -0.342 e. The first kappa shape index (κ1) is 14.6. The maximum absolute atomic E-state index is 12.4. The van der Waals surface area contributed by atoms with E-state index >= 15 is 0 Å². The summed E-state index contributed by atoms with van der Waals surface area (Å²) in [5.41, 5.74) is 1.38. The highest BCUT2D eigenvalue weighted by Gasteiger charge is 2.30. The summed E-state index contributed by atoms with van der Waals surface area (Å²) in [7, 11) is 0. The number of hydrogen-bond donors (Lipinski definition) is 0. The van der Waals surface area contributed by atoms with Crippen LogP contribution >= 0.6 is 0 Å². The van der Waals surface area contributed by atoms with E-state index in [1.165, 1.54) is 37.7 Å². The average molecular weight is 286 g/mol. The number of amides is 1. The van der Waals surface area contributed by atoms with Gasteiger partial charge in [0.15, 0.2) is 0 Å². The predicted molar refractivity (Wildman–Crippen MR) is 85.2 cm³/mol. The molecule has 0 bridgehead atoms. The lowest BCUT2D eigenvalue weighted by Crippen LogP contribution is -2.53. The van der Waals surface area contributed by atoms with Crippen molar-refractivity contribution in [3.8, 4) is 0 Å². The van der Waals surface area contributed by atoms with Gasteiger partial charge in [-0.2, -0.15) is 0 Å². The molecule has 1 aromatic carbocycles. The number of nitrogens with zero attached hydrogens (tertiary/aromatic N) is 2. The van der Waals surface area contributed by atoms with Gasteiger partial charge in [0, 0.05) is 25.7 Å². The van der Waals surface area contributed by atoms with Crippen molar-refractivity contribution in [3.63, 3.8) is 0 Å². The highest BCUT2D eigenvalue weighted by atomic mass is 16.2. The van der Waals surface area contributed by atoms with E-state index in [0.29, 0.717) is 18.5 Å².